The van der Waals surface area contributed by atoms with Crippen molar-refractivity contribution in [1.29, 1.82) is 0 Å². The van der Waals surface area contributed by atoms with Crippen LogP contribution in [-0.2, 0) is 0 Å². The van der Waals surface area contributed by atoms with Crippen LogP contribution in [0.2, 0.25) is 0 Å². The molecule has 0 bridgehead atoms. The van der Waals surface area contributed by atoms with Gasteiger partial charge in [-0.2, -0.15) is 0 Å². The van der Waals surface area contributed by atoms with Gasteiger partial charge in [0.2, 0.25) is 0 Å². The van der Waals surface area contributed by atoms with Crippen molar-refractivity contribution >= 4 is 11.3 Å². The summed E-state index contributed by atoms with van der Waals surface area (Å²) >= 11 is 1.54. The zero-order valence-corrected chi connectivity index (χ0v) is 7.50. The lowest BCUT2D eigenvalue weighted by Gasteiger charge is -2.26. The minimum atomic E-state index is -0.488. The maximum Gasteiger partial charge on any atom is 0.172 e. The van der Waals surface area contributed by atoms with Gasteiger partial charge in [0.15, 0.2) is 17.6 Å². The van der Waals surface area contributed by atoms with E-state index in [2.05, 4.69) is 0 Å². The lowest BCUT2D eigenvalue weighted by atomic mass is 10.2. The van der Waals surface area contributed by atoms with Gasteiger partial charge in [0.05, 0.1) is 6.10 Å². The van der Waals surface area contributed by atoms with Crippen molar-refractivity contribution in [2.45, 2.75) is 19.1 Å². The maximum atomic E-state index is 9.24. The van der Waals surface area contributed by atoms with Crippen molar-refractivity contribution in [1.82, 2.24) is 0 Å². The van der Waals surface area contributed by atoms with Crippen molar-refractivity contribution in [3.05, 3.63) is 10.8 Å². The minimum absolute atomic E-state index is 0.230. The lowest BCUT2D eigenvalue weighted by molar-refractivity contribution is -0.0000630. The molecule has 12 heavy (non-hydrogen) atoms. The number of hydrogen-bond acceptors (Lipinski definition) is 4. The molecule has 0 fully saturated rings. The zero-order valence-electron chi connectivity index (χ0n) is 6.69. The Labute approximate surface area is 74.5 Å². The molecule has 3 nitrogen and oxygen atoms in total. The quantitative estimate of drug-likeness (QED) is 0.717. The summed E-state index contributed by atoms with van der Waals surface area (Å²) in [7, 11) is 0. The van der Waals surface area contributed by atoms with Gasteiger partial charge in [0.25, 0.3) is 0 Å². The molecule has 0 aliphatic carbocycles. The first kappa shape index (κ1) is 7.89. The topological polar surface area (TPSA) is 38.7 Å². The fraction of sp³-hybridized carbons (Fsp3) is 0.500. The zero-order chi connectivity index (χ0) is 8.55. The number of aliphatic hydroxyl groups is 1. The van der Waals surface area contributed by atoms with Gasteiger partial charge in [-0.1, -0.05) is 0 Å². The fourth-order valence-electron chi connectivity index (χ4n) is 1.07. The highest BCUT2D eigenvalue weighted by molar-refractivity contribution is 7.08. The standard InChI is InChI=1S/C8H10O3S/c1-5(9)6-2-10-7-3-12-4-8(7)11-6/h3-6,9H,2H2,1H3. The van der Waals surface area contributed by atoms with Gasteiger partial charge in [0, 0.05) is 10.8 Å². The molecule has 1 aliphatic rings. The van der Waals surface area contributed by atoms with Crippen LogP contribution in [-0.4, -0.2) is 23.9 Å². The van der Waals surface area contributed by atoms with Crippen molar-refractivity contribution in [2.75, 3.05) is 6.61 Å². The summed E-state index contributed by atoms with van der Waals surface area (Å²) in [5.74, 6) is 1.54. The van der Waals surface area contributed by atoms with E-state index in [1.807, 2.05) is 10.8 Å². The van der Waals surface area contributed by atoms with Gasteiger partial charge in [0.1, 0.15) is 6.61 Å². The van der Waals surface area contributed by atoms with Gasteiger partial charge < -0.3 is 14.6 Å². The predicted molar refractivity (Wildman–Crippen MR) is 45.9 cm³/mol. The molecule has 66 valence electrons. The molecule has 2 heterocycles. The second-order valence-electron chi connectivity index (χ2n) is 2.81. The number of thiophene rings is 1. The van der Waals surface area contributed by atoms with Crippen LogP contribution in [0, 0.1) is 0 Å². The van der Waals surface area contributed by atoms with Crippen LogP contribution < -0.4 is 9.47 Å². The highest BCUT2D eigenvalue weighted by Gasteiger charge is 2.25. The lowest BCUT2D eigenvalue weighted by Crippen LogP contribution is -2.37. The monoisotopic (exact) mass is 186 g/mol. The van der Waals surface area contributed by atoms with Crippen LogP contribution in [0.5, 0.6) is 11.5 Å². The molecule has 2 unspecified atom stereocenters. The van der Waals surface area contributed by atoms with Crippen LogP contribution >= 0.6 is 11.3 Å². The van der Waals surface area contributed by atoms with Crippen molar-refractivity contribution < 1.29 is 14.6 Å². The van der Waals surface area contributed by atoms with Gasteiger partial charge in [-0.15, -0.1) is 11.3 Å². The largest absolute Gasteiger partial charge is 0.485 e. The van der Waals surface area contributed by atoms with Crippen LogP contribution in [0.3, 0.4) is 0 Å². The van der Waals surface area contributed by atoms with E-state index in [4.69, 9.17) is 9.47 Å². The molecule has 1 N–H and O–H groups in total. The molecule has 1 aliphatic heterocycles. The molecule has 1 aromatic heterocycles. The van der Waals surface area contributed by atoms with Crippen LogP contribution in [0.25, 0.3) is 0 Å². The van der Waals surface area contributed by atoms with E-state index in [1.54, 1.807) is 6.92 Å². The molecule has 0 amide bonds. The van der Waals surface area contributed by atoms with Crippen LogP contribution in [0.15, 0.2) is 10.8 Å². The Bertz CT molecular complexity index is 269. The van der Waals surface area contributed by atoms with E-state index >= 15 is 0 Å². The Hall–Kier alpha value is -0.740. The summed E-state index contributed by atoms with van der Waals surface area (Å²) < 4.78 is 10.8. The van der Waals surface area contributed by atoms with E-state index in [1.165, 1.54) is 11.3 Å². The first-order valence-electron chi connectivity index (χ1n) is 3.81. The molecule has 2 rings (SSSR count). The van der Waals surface area contributed by atoms with E-state index < -0.39 is 6.10 Å². The molecule has 2 atom stereocenters. The van der Waals surface area contributed by atoms with Gasteiger partial charge >= 0.3 is 0 Å². The summed E-state index contributed by atoms with van der Waals surface area (Å²) in [6, 6.07) is 0. The second kappa shape index (κ2) is 2.95. The number of fused-ring (bicyclic) bond motifs is 1. The smallest absolute Gasteiger partial charge is 0.172 e. The Morgan fingerprint density at radius 2 is 2.33 bits per heavy atom. The molecular formula is C8H10O3S. The summed E-state index contributed by atoms with van der Waals surface area (Å²) in [4.78, 5) is 0. The SMILES string of the molecule is CC(O)C1COc2cscc2O1. The normalized spacial score (nSPS) is 23.7. The van der Waals surface area contributed by atoms with E-state index in [0.29, 0.717) is 6.61 Å². The highest BCUT2D eigenvalue weighted by Crippen LogP contribution is 2.35. The number of hydrogen-bond donors (Lipinski definition) is 1. The van der Waals surface area contributed by atoms with Gasteiger partial charge in [-0.05, 0) is 6.92 Å². The fourth-order valence-corrected chi connectivity index (χ4v) is 1.74. The van der Waals surface area contributed by atoms with Crippen molar-refractivity contribution in [3.63, 3.8) is 0 Å². The molecule has 0 saturated carbocycles. The first-order valence-corrected chi connectivity index (χ1v) is 4.75. The third-order valence-corrected chi connectivity index (χ3v) is 2.51. The van der Waals surface area contributed by atoms with Crippen molar-refractivity contribution in [2.24, 2.45) is 0 Å². The first-order chi connectivity index (χ1) is 5.77. The molecule has 1 aromatic rings. The Kier molecular flexibility index (Phi) is 1.94. The van der Waals surface area contributed by atoms with Gasteiger partial charge in [-0.25, -0.2) is 0 Å². The maximum absolute atomic E-state index is 9.24. The molecule has 0 aromatic carbocycles. The molecular weight excluding hydrogens is 176 g/mol. The molecule has 4 heteroatoms. The predicted octanol–water partition coefficient (Wildman–Crippen LogP) is 1.27. The third kappa shape index (κ3) is 1.28. The summed E-state index contributed by atoms with van der Waals surface area (Å²) in [5, 5.41) is 13.0. The van der Waals surface area contributed by atoms with Crippen LogP contribution in [0.4, 0.5) is 0 Å². The molecule has 0 radical (unpaired) electrons. The summed E-state index contributed by atoms with van der Waals surface area (Å²) in [6.45, 7) is 2.13. The van der Waals surface area contributed by atoms with Gasteiger partial charge in [-0.3, -0.25) is 0 Å². The Morgan fingerprint density at radius 3 is 3.08 bits per heavy atom. The van der Waals surface area contributed by atoms with E-state index in [0.717, 1.165) is 11.5 Å². The van der Waals surface area contributed by atoms with E-state index in [-0.39, 0.29) is 6.10 Å². The summed E-state index contributed by atoms with van der Waals surface area (Å²) in [6.07, 6.45) is -0.717. The third-order valence-electron chi connectivity index (χ3n) is 1.81. The number of ether oxygens (including phenoxy) is 2. The van der Waals surface area contributed by atoms with E-state index in [9.17, 15) is 5.11 Å². The summed E-state index contributed by atoms with van der Waals surface area (Å²) in [5.41, 5.74) is 0. The number of aliphatic hydroxyl groups excluding tert-OH is 1. The number of rotatable bonds is 1. The van der Waals surface area contributed by atoms with Crippen LogP contribution in [0.1, 0.15) is 6.92 Å². The minimum Gasteiger partial charge on any atom is -0.485 e. The molecule has 0 saturated heterocycles. The van der Waals surface area contributed by atoms with Crippen molar-refractivity contribution in [3.8, 4) is 11.5 Å². The average molecular weight is 186 g/mol. The molecule has 0 spiro atoms. The Balaban J connectivity index is 2.15. The highest BCUT2D eigenvalue weighted by atomic mass is 32.1. The Morgan fingerprint density at radius 1 is 1.58 bits per heavy atom. The second-order valence-corrected chi connectivity index (χ2v) is 3.55. The average Bonchev–Trinajstić information content (AvgIpc) is 2.49.